The van der Waals surface area contributed by atoms with E-state index in [1.807, 2.05) is 0 Å². The van der Waals surface area contributed by atoms with Crippen molar-refractivity contribution in [3.63, 3.8) is 0 Å². The predicted octanol–water partition coefficient (Wildman–Crippen LogP) is 1.92. The van der Waals surface area contributed by atoms with Gasteiger partial charge in [0.25, 0.3) is 5.91 Å². The number of morpholine rings is 1. The largest absolute Gasteiger partial charge is 0.492 e. The van der Waals surface area contributed by atoms with Crippen molar-refractivity contribution in [1.82, 2.24) is 10.6 Å². The normalized spacial score (nSPS) is 18.5. The molecule has 3 N–H and O–H groups in total. The number of rotatable bonds is 4. The highest BCUT2D eigenvalue weighted by atomic mass is 35.5. The summed E-state index contributed by atoms with van der Waals surface area (Å²) in [7, 11) is 0. The Labute approximate surface area is 169 Å². The first-order valence-electron chi connectivity index (χ1n) is 8.24. The number of halogens is 5. The van der Waals surface area contributed by atoms with Gasteiger partial charge in [-0.1, -0.05) is 11.6 Å². The standard InChI is InChI=1S/C16H17ClF3N3O4.ClH/c17-11-5-10(14(24)22-7-8-6-21-2-4-26-8)13-9(1-3-27-13)12(11)23-15(25)16(18,19)20;/h5,8,21H,1-4,6-7H2,(H,22,24)(H,23,25);1H. The SMILES string of the molecule is Cl.O=C(NCC1CNCCO1)c1cc(Cl)c(NC(=O)C(F)(F)F)c2c1OCC2. The molecule has 0 spiro atoms. The van der Waals surface area contributed by atoms with Crippen molar-refractivity contribution >= 4 is 41.5 Å². The van der Waals surface area contributed by atoms with Crippen molar-refractivity contribution in [3.05, 3.63) is 22.2 Å². The summed E-state index contributed by atoms with van der Waals surface area (Å²) >= 11 is 6.05. The van der Waals surface area contributed by atoms with E-state index in [-0.39, 0.29) is 65.7 Å². The monoisotopic (exact) mass is 443 g/mol. The van der Waals surface area contributed by atoms with Crippen LogP contribution in [0.2, 0.25) is 5.02 Å². The Morgan fingerprint density at radius 3 is 2.71 bits per heavy atom. The molecule has 0 aliphatic carbocycles. The lowest BCUT2D eigenvalue weighted by atomic mass is 10.0. The summed E-state index contributed by atoms with van der Waals surface area (Å²) in [5.41, 5.74) is 0.171. The van der Waals surface area contributed by atoms with Gasteiger partial charge in [-0.25, -0.2) is 0 Å². The van der Waals surface area contributed by atoms with Gasteiger partial charge in [-0.15, -0.1) is 12.4 Å². The van der Waals surface area contributed by atoms with Gasteiger partial charge in [0, 0.05) is 31.6 Å². The van der Waals surface area contributed by atoms with Crippen LogP contribution in [0, 0.1) is 0 Å². The number of fused-ring (bicyclic) bond motifs is 1. The topological polar surface area (TPSA) is 88.7 Å². The Morgan fingerprint density at radius 2 is 2.07 bits per heavy atom. The highest BCUT2D eigenvalue weighted by Crippen LogP contribution is 2.41. The van der Waals surface area contributed by atoms with Gasteiger partial charge in [-0.3, -0.25) is 9.59 Å². The second kappa shape index (κ2) is 9.17. The van der Waals surface area contributed by atoms with E-state index in [1.54, 1.807) is 5.32 Å². The lowest BCUT2D eigenvalue weighted by molar-refractivity contribution is -0.167. The highest BCUT2D eigenvalue weighted by Gasteiger charge is 2.40. The van der Waals surface area contributed by atoms with Crippen LogP contribution in [0.3, 0.4) is 0 Å². The van der Waals surface area contributed by atoms with Gasteiger partial charge in [-0.05, 0) is 6.07 Å². The van der Waals surface area contributed by atoms with Gasteiger partial charge in [-0.2, -0.15) is 13.2 Å². The molecule has 1 aromatic carbocycles. The third kappa shape index (κ3) is 4.99. The molecule has 2 aliphatic heterocycles. The van der Waals surface area contributed by atoms with Gasteiger partial charge >= 0.3 is 12.1 Å². The zero-order chi connectivity index (χ0) is 19.6. The van der Waals surface area contributed by atoms with Crippen molar-refractivity contribution < 1.29 is 32.2 Å². The van der Waals surface area contributed by atoms with E-state index >= 15 is 0 Å². The molecule has 1 aromatic rings. The second-order valence-electron chi connectivity index (χ2n) is 6.05. The minimum Gasteiger partial charge on any atom is -0.492 e. The molecule has 28 heavy (non-hydrogen) atoms. The number of amides is 2. The molecule has 1 fully saturated rings. The zero-order valence-corrected chi connectivity index (χ0v) is 16.0. The smallest absolute Gasteiger partial charge is 0.471 e. The van der Waals surface area contributed by atoms with Crippen LogP contribution in [0.15, 0.2) is 6.07 Å². The van der Waals surface area contributed by atoms with E-state index in [0.29, 0.717) is 13.2 Å². The lowest BCUT2D eigenvalue weighted by Crippen LogP contribution is -2.45. The fourth-order valence-electron chi connectivity index (χ4n) is 2.88. The fraction of sp³-hybridized carbons (Fsp3) is 0.500. The number of nitrogens with one attached hydrogen (secondary N) is 3. The lowest BCUT2D eigenvalue weighted by Gasteiger charge is -2.24. The predicted molar refractivity (Wildman–Crippen MR) is 97.5 cm³/mol. The molecule has 0 radical (unpaired) electrons. The van der Waals surface area contributed by atoms with Crippen LogP contribution in [0.25, 0.3) is 0 Å². The van der Waals surface area contributed by atoms with Gasteiger partial charge in [0.15, 0.2) is 0 Å². The van der Waals surface area contributed by atoms with Crippen LogP contribution in [0.1, 0.15) is 15.9 Å². The van der Waals surface area contributed by atoms with E-state index in [0.717, 1.165) is 6.54 Å². The van der Waals surface area contributed by atoms with Crippen molar-refractivity contribution in [3.8, 4) is 5.75 Å². The van der Waals surface area contributed by atoms with Crippen LogP contribution >= 0.6 is 24.0 Å². The van der Waals surface area contributed by atoms with Crippen LogP contribution in [-0.2, 0) is 16.0 Å². The Morgan fingerprint density at radius 1 is 1.32 bits per heavy atom. The van der Waals surface area contributed by atoms with Crippen molar-refractivity contribution in [1.29, 1.82) is 0 Å². The fourth-order valence-corrected chi connectivity index (χ4v) is 3.15. The molecule has 2 aliphatic rings. The van der Waals surface area contributed by atoms with E-state index in [1.165, 1.54) is 6.07 Å². The third-order valence-corrected chi connectivity index (χ3v) is 4.46. The summed E-state index contributed by atoms with van der Waals surface area (Å²) in [5.74, 6) is -2.51. The third-order valence-electron chi connectivity index (χ3n) is 4.16. The number of carbonyl (C=O) groups excluding carboxylic acids is 2. The molecule has 12 heteroatoms. The quantitative estimate of drug-likeness (QED) is 0.661. The molecule has 1 atom stereocenters. The maximum atomic E-state index is 12.5. The Bertz CT molecular complexity index is 756. The molecule has 2 heterocycles. The average molecular weight is 444 g/mol. The maximum Gasteiger partial charge on any atom is 0.471 e. The summed E-state index contributed by atoms with van der Waals surface area (Å²) < 4.78 is 48.5. The number of ether oxygens (including phenoxy) is 2. The van der Waals surface area contributed by atoms with E-state index < -0.39 is 18.0 Å². The van der Waals surface area contributed by atoms with Gasteiger partial charge in [0.05, 0.1) is 35.6 Å². The molecule has 0 aromatic heterocycles. The molecule has 1 unspecified atom stereocenters. The van der Waals surface area contributed by atoms with Gasteiger partial charge < -0.3 is 25.4 Å². The van der Waals surface area contributed by atoms with E-state index in [9.17, 15) is 22.8 Å². The molecule has 3 rings (SSSR count). The summed E-state index contributed by atoms with van der Waals surface area (Å²) in [6.07, 6.45) is -5.02. The van der Waals surface area contributed by atoms with Gasteiger partial charge in [0.1, 0.15) is 5.75 Å². The molecule has 156 valence electrons. The zero-order valence-electron chi connectivity index (χ0n) is 14.5. The Balaban J connectivity index is 0.00000280. The molecular weight excluding hydrogens is 426 g/mol. The van der Waals surface area contributed by atoms with E-state index in [4.69, 9.17) is 21.1 Å². The minimum absolute atomic E-state index is 0. The Hall–Kier alpha value is -1.75. The number of benzene rings is 1. The van der Waals surface area contributed by atoms with Crippen molar-refractivity contribution in [2.45, 2.75) is 18.7 Å². The average Bonchev–Trinajstić information content (AvgIpc) is 3.11. The number of anilines is 1. The summed E-state index contributed by atoms with van der Waals surface area (Å²) in [5, 5.41) is 7.43. The summed E-state index contributed by atoms with van der Waals surface area (Å²) in [6.45, 7) is 2.30. The summed E-state index contributed by atoms with van der Waals surface area (Å²) in [4.78, 5) is 23.7. The minimum atomic E-state index is -5.06. The van der Waals surface area contributed by atoms with Crippen molar-refractivity contribution in [2.75, 3.05) is 38.2 Å². The molecular formula is C16H18Cl2F3N3O4. The van der Waals surface area contributed by atoms with Crippen LogP contribution in [0.5, 0.6) is 5.75 Å². The number of hydrogen-bond acceptors (Lipinski definition) is 5. The highest BCUT2D eigenvalue weighted by molar-refractivity contribution is 6.34. The number of alkyl halides is 3. The van der Waals surface area contributed by atoms with Crippen molar-refractivity contribution in [2.24, 2.45) is 0 Å². The first-order valence-corrected chi connectivity index (χ1v) is 8.62. The van der Waals surface area contributed by atoms with Crippen LogP contribution in [-0.4, -0.2) is 56.9 Å². The molecule has 7 nitrogen and oxygen atoms in total. The van der Waals surface area contributed by atoms with Crippen LogP contribution in [0.4, 0.5) is 18.9 Å². The molecule has 0 bridgehead atoms. The second-order valence-corrected chi connectivity index (χ2v) is 6.45. The first-order chi connectivity index (χ1) is 12.8. The summed E-state index contributed by atoms with van der Waals surface area (Å²) in [6, 6.07) is 1.19. The maximum absolute atomic E-state index is 12.5. The van der Waals surface area contributed by atoms with E-state index in [2.05, 4.69) is 10.6 Å². The van der Waals surface area contributed by atoms with Crippen LogP contribution < -0.4 is 20.7 Å². The number of carbonyl (C=O) groups is 2. The first kappa shape index (κ1) is 22.5. The molecule has 0 saturated carbocycles. The van der Waals surface area contributed by atoms with Gasteiger partial charge in [0.2, 0.25) is 0 Å². The Kier molecular flexibility index (Phi) is 7.38. The molecule has 1 saturated heterocycles. The molecule has 2 amide bonds. The number of hydrogen-bond donors (Lipinski definition) is 3.